The van der Waals surface area contributed by atoms with Gasteiger partial charge in [0, 0.05) is 31.3 Å². The predicted molar refractivity (Wildman–Crippen MR) is 71.0 cm³/mol. The van der Waals surface area contributed by atoms with E-state index in [9.17, 15) is 22.0 Å². The van der Waals surface area contributed by atoms with E-state index in [0.717, 1.165) is 26.0 Å². The molecule has 2 fully saturated rings. The third kappa shape index (κ3) is 2.35. The number of methoxy groups -OCH3 is 1. The number of benzene rings is 1. The van der Waals surface area contributed by atoms with Crippen molar-refractivity contribution in [3.63, 3.8) is 0 Å². The first-order valence-corrected chi connectivity index (χ1v) is 7.14. The molecule has 1 aromatic rings. The quantitative estimate of drug-likeness (QED) is 0.780. The molecule has 0 amide bonds. The number of hydrogen-bond acceptors (Lipinski definition) is 2. The van der Waals surface area contributed by atoms with Gasteiger partial charge in [0.15, 0.2) is 17.2 Å². The third-order valence-electron chi connectivity index (χ3n) is 4.58. The first kappa shape index (κ1) is 15.5. The highest BCUT2D eigenvalue weighted by Gasteiger charge is 2.59. The van der Waals surface area contributed by atoms with Crippen LogP contribution in [0.25, 0.3) is 0 Å². The highest BCUT2D eigenvalue weighted by Crippen LogP contribution is 2.48. The lowest BCUT2D eigenvalue weighted by Gasteiger charge is -2.31. The van der Waals surface area contributed by atoms with E-state index < -0.39 is 30.0 Å². The number of rotatable bonds is 3. The van der Waals surface area contributed by atoms with Gasteiger partial charge < -0.3 is 9.64 Å². The summed E-state index contributed by atoms with van der Waals surface area (Å²) < 4.78 is 72.0. The molecule has 1 aliphatic heterocycles. The van der Waals surface area contributed by atoms with E-state index in [0.29, 0.717) is 5.69 Å². The second-order valence-corrected chi connectivity index (χ2v) is 5.94. The topological polar surface area (TPSA) is 12.5 Å². The monoisotopic (exact) mass is 321 g/mol. The van der Waals surface area contributed by atoms with Crippen LogP contribution in [0.2, 0.25) is 0 Å². The lowest BCUT2D eigenvalue weighted by molar-refractivity contribution is -0.260. The van der Waals surface area contributed by atoms with Crippen LogP contribution in [0.5, 0.6) is 0 Å². The number of alkyl halides is 3. The van der Waals surface area contributed by atoms with Crippen LogP contribution < -0.4 is 4.90 Å². The van der Waals surface area contributed by atoms with E-state index in [4.69, 9.17) is 4.74 Å². The molecule has 0 radical (unpaired) electrons. The third-order valence-corrected chi connectivity index (χ3v) is 4.58. The number of ether oxygens (including phenoxy) is 1. The normalized spacial score (nSPS) is 25.8. The van der Waals surface area contributed by atoms with Crippen LogP contribution in [0.3, 0.4) is 0 Å². The molecule has 1 aliphatic carbocycles. The first-order valence-electron chi connectivity index (χ1n) is 7.14. The fourth-order valence-electron chi connectivity index (χ4n) is 3.09. The Kier molecular flexibility index (Phi) is 3.58. The van der Waals surface area contributed by atoms with Gasteiger partial charge in [-0.15, -0.1) is 0 Å². The molecule has 0 aromatic heterocycles. The highest BCUT2D eigenvalue weighted by atomic mass is 19.4. The molecule has 1 atom stereocenters. The van der Waals surface area contributed by atoms with E-state index in [-0.39, 0.29) is 24.4 Å². The van der Waals surface area contributed by atoms with Crippen LogP contribution >= 0.6 is 0 Å². The van der Waals surface area contributed by atoms with Crippen LogP contribution in [-0.2, 0) is 4.74 Å². The van der Waals surface area contributed by atoms with E-state index in [2.05, 4.69) is 0 Å². The molecule has 1 aromatic carbocycles. The van der Waals surface area contributed by atoms with E-state index in [1.807, 2.05) is 0 Å². The van der Waals surface area contributed by atoms with Gasteiger partial charge in [-0.05, 0) is 30.9 Å². The molecule has 3 rings (SSSR count). The molecule has 2 nitrogen and oxygen atoms in total. The number of hydrogen-bond donors (Lipinski definition) is 0. The summed E-state index contributed by atoms with van der Waals surface area (Å²) in [4.78, 5) is 1.45. The van der Waals surface area contributed by atoms with Gasteiger partial charge in [0.1, 0.15) is 0 Å². The second kappa shape index (κ2) is 5.08. The van der Waals surface area contributed by atoms with Crippen molar-refractivity contribution < 1.29 is 26.7 Å². The van der Waals surface area contributed by atoms with Crippen molar-refractivity contribution in [2.45, 2.75) is 37.0 Å². The Morgan fingerprint density at radius 2 is 1.91 bits per heavy atom. The van der Waals surface area contributed by atoms with Crippen molar-refractivity contribution >= 4 is 5.69 Å². The zero-order valence-corrected chi connectivity index (χ0v) is 12.0. The molecule has 22 heavy (non-hydrogen) atoms. The average molecular weight is 321 g/mol. The molecular formula is C15H16F5NO. The summed E-state index contributed by atoms with van der Waals surface area (Å²) in [7, 11) is 1.03. The Morgan fingerprint density at radius 3 is 2.41 bits per heavy atom. The van der Waals surface area contributed by atoms with Gasteiger partial charge in [-0.1, -0.05) is 0 Å². The largest absolute Gasteiger partial charge is 0.419 e. The van der Waals surface area contributed by atoms with Gasteiger partial charge in [0.25, 0.3) is 0 Å². The molecule has 1 saturated carbocycles. The van der Waals surface area contributed by atoms with Gasteiger partial charge >= 0.3 is 6.18 Å². The SMILES string of the molecule is COC1(C(F)(F)F)CCN(c2ccc(F)c(F)c2C2CC2)C1. The first-order chi connectivity index (χ1) is 10.3. The Balaban J connectivity index is 1.95. The molecule has 1 heterocycles. The lowest BCUT2D eigenvalue weighted by Crippen LogP contribution is -2.49. The molecule has 7 heteroatoms. The summed E-state index contributed by atoms with van der Waals surface area (Å²) in [5, 5.41) is 0. The maximum Gasteiger partial charge on any atom is 0.419 e. The van der Waals surface area contributed by atoms with Crippen molar-refractivity contribution in [3.8, 4) is 0 Å². The molecule has 2 aliphatic rings. The summed E-state index contributed by atoms with van der Waals surface area (Å²) in [5.41, 5.74) is -1.70. The Labute approximate surface area is 124 Å². The van der Waals surface area contributed by atoms with Crippen LogP contribution in [0.1, 0.15) is 30.7 Å². The molecule has 0 bridgehead atoms. The number of halogens is 5. The molecule has 1 saturated heterocycles. The molecule has 0 N–H and O–H groups in total. The maximum absolute atomic E-state index is 14.1. The van der Waals surface area contributed by atoms with Gasteiger partial charge in [0.05, 0.1) is 6.54 Å². The molecule has 0 spiro atoms. The predicted octanol–water partition coefficient (Wildman–Crippen LogP) is 4.00. The van der Waals surface area contributed by atoms with Crippen LogP contribution in [0, 0.1) is 11.6 Å². The number of anilines is 1. The minimum absolute atomic E-state index is 0.0954. The van der Waals surface area contributed by atoms with Crippen molar-refractivity contribution in [2.24, 2.45) is 0 Å². The summed E-state index contributed by atoms with van der Waals surface area (Å²) in [6.45, 7) is -0.310. The Bertz CT molecular complexity index is 584. The van der Waals surface area contributed by atoms with Crippen LogP contribution in [0.15, 0.2) is 12.1 Å². The van der Waals surface area contributed by atoms with Gasteiger partial charge in [-0.2, -0.15) is 13.2 Å². The minimum atomic E-state index is -4.51. The van der Waals surface area contributed by atoms with E-state index in [1.165, 1.54) is 11.0 Å². The van der Waals surface area contributed by atoms with Crippen LogP contribution in [0.4, 0.5) is 27.6 Å². The van der Waals surface area contributed by atoms with E-state index in [1.54, 1.807) is 0 Å². The molecule has 1 unspecified atom stereocenters. The maximum atomic E-state index is 14.1. The second-order valence-electron chi connectivity index (χ2n) is 5.94. The van der Waals surface area contributed by atoms with Crippen molar-refractivity contribution in [3.05, 3.63) is 29.3 Å². The van der Waals surface area contributed by atoms with Gasteiger partial charge in [-0.25, -0.2) is 8.78 Å². The van der Waals surface area contributed by atoms with Crippen LogP contribution in [-0.4, -0.2) is 32.0 Å². The zero-order valence-electron chi connectivity index (χ0n) is 12.0. The average Bonchev–Trinajstić information content (AvgIpc) is 3.18. The lowest BCUT2D eigenvalue weighted by atomic mass is 10.0. The van der Waals surface area contributed by atoms with Crippen molar-refractivity contribution in [1.82, 2.24) is 0 Å². The van der Waals surface area contributed by atoms with Gasteiger partial charge in [-0.3, -0.25) is 0 Å². The smallest absolute Gasteiger partial charge is 0.368 e. The van der Waals surface area contributed by atoms with E-state index >= 15 is 0 Å². The summed E-state index contributed by atoms with van der Waals surface area (Å²) in [6.07, 6.45) is -3.27. The minimum Gasteiger partial charge on any atom is -0.368 e. The fourth-order valence-corrected chi connectivity index (χ4v) is 3.09. The summed E-state index contributed by atoms with van der Waals surface area (Å²) in [5.74, 6) is -2.00. The Hall–Kier alpha value is -1.37. The number of nitrogens with zero attached hydrogens (tertiary/aromatic N) is 1. The highest BCUT2D eigenvalue weighted by molar-refractivity contribution is 5.58. The molecular weight excluding hydrogens is 305 g/mol. The van der Waals surface area contributed by atoms with Crippen molar-refractivity contribution in [2.75, 3.05) is 25.1 Å². The van der Waals surface area contributed by atoms with Crippen molar-refractivity contribution in [1.29, 1.82) is 0 Å². The summed E-state index contributed by atoms with van der Waals surface area (Å²) >= 11 is 0. The Morgan fingerprint density at radius 1 is 1.23 bits per heavy atom. The zero-order chi connectivity index (χ0) is 16.1. The fraction of sp³-hybridized carbons (Fsp3) is 0.600. The molecule has 122 valence electrons. The summed E-state index contributed by atoms with van der Waals surface area (Å²) in [6, 6.07) is 2.34. The van der Waals surface area contributed by atoms with Gasteiger partial charge in [0.2, 0.25) is 0 Å². The standard InChI is InChI=1S/C15H16F5NO/c1-22-14(15(18,19)20)6-7-21(8-14)11-5-4-10(16)13(17)12(11)9-2-3-9/h4-5,9H,2-3,6-8H2,1H3.